The fraction of sp³-hybridized carbons (Fsp3) is 0.500. The van der Waals surface area contributed by atoms with Crippen LogP contribution in [0.4, 0.5) is 0 Å². The summed E-state index contributed by atoms with van der Waals surface area (Å²) >= 11 is 0. The first kappa shape index (κ1) is 14.9. The number of aliphatic carboxylic acids is 1. The molecule has 0 radical (unpaired) electrons. The van der Waals surface area contributed by atoms with Crippen molar-refractivity contribution in [2.45, 2.75) is 26.4 Å². The second-order valence-corrected chi connectivity index (χ2v) is 3.21. The molecule has 0 fully saturated rings. The van der Waals surface area contributed by atoms with E-state index in [0.717, 1.165) is 12.2 Å². The second-order valence-electron chi connectivity index (χ2n) is 3.21. The van der Waals surface area contributed by atoms with E-state index in [2.05, 4.69) is 0 Å². The van der Waals surface area contributed by atoms with Gasteiger partial charge >= 0.3 is 35.0 Å². The average Bonchev–Trinajstić information content (AvgIpc) is 1.79. The van der Waals surface area contributed by atoms with Crippen LogP contribution in [0.5, 0.6) is 0 Å². The Morgan fingerprint density at radius 2 is 1.77 bits per heavy atom. The molecule has 4 nitrogen and oxygen atoms in total. The number of ether oxygens (including phenoxy) is 1. The summed E-state index contributed by atoms with van der Waals surface area (Å²) in [6.45, 7) is 5.12. The Labute approximate surface area is 96.1 Å². The maximum absolute atomic E-state index is 10.8. The Morgan fingerprint density at radius 1 is 1.31 bits per heavy atom. The second kappa shape index (κ2) is 5.99. The van der Waals surface area contributed by atoms with Gasteiger partial charge in [0.25, 0.3) is 0 Å². The molecule has 0 amide bonds. The number of carbonyl (C=O) groups excluding carboxylic acids is 1. The van der Waals surface area contributed by atoms with Crippen molar-refractivity contribution in [3.63, 3.8) is 0 Å². The van der Waals surface area contributed by atoms with Crippen LogP contribution in [0.3, 0.4) is 0 Å². The van der Waals surface area contributed by atoms with Crippen LogP contribution in [0.25, 0.3) is 0 Å². The monoisotopic (exact) mass is 198 g/mol. The molecule has 0 aromatic heterocycles. The molecule has 0 heterocycles. The van der Waals surface area contributed by atoms with Crippen LogP contribution >= 0.6 is 0 Å². The Balaban J connectivity index is -0.000000202. The molecule has 0 aliphatic rings. The van der Waals surface area contributed by atoms with Crippen molar-refractivity contribution >= 4 is 35.0 Å². The van der Waals surface area contributed by atoms with Gasteiger partial charge in [-0.25, -0.2) is 9.59 Å². The Morgan fingerprint density at radius 3 is 2.08 bits per heavy atom. The average molecular weight is 199 g/mol. The van der Waals surface area contributed by atoms with Gasteiger partial charge in [-0.1, -0.05) is 0 Å². The molecule has 1 N–H and O–H groups in total. The van der Waals surface area contributed by atoms with Crippen LogP contribution < -0.4 is 0 Å². The summed E-state index contributed by atoms with van der Waals surface area (Å²) in [4.78, 5) is 20.8. The van der Waals surface area contributed by atoms with Gasteiger partial charge < -0.3 is 12.7 Å². The summed E-state index contributed by atoms with van der Waals surface area (Å²) in [6, 6.07) is 0. The van der Waals surface area contributed by atoms with E-state index >= 15 is 0 Å². The number of hydrogen-bond acceptors (Lipinski definition) is 3. The van der Waals surface area contributed by atoms with Gasteiger partial charge in [-0.3, -0.25) is 0 Å². The SMILES string of the molecule is CC(C)(C)OC(=O)/C=C/C(=O)O.[H-].[H-].[Mg+2]. The molecule has 0 unspecified atom stereocenters. The molecular formula is C8H14MgO4. The van der Waals surface area contributed by atoms with Crippen molar-refractivity contribution in [3.8, 4) is 0 Å². The maximum Gasteiger partial charge on any atom is 2.00 e. The van der Waals surface area contributed by atoms with Gasteiger partial charge in [0.1, 0.15) is 5.60 Å². The van der Waals surface area contributed by atoms with Crippen LogP contribution in [0.15, 0.2) is 12.2 Å². The van der Waals surface area contributed by atoms with Crippen molar-refractivity contribution in [1.82, 2.24) is 0 Å². The van der Waals surface area contributed by atoms with Gasteiger partial charge in [0.05, 0.1) is 0 Å². The topological polar surface area (TPSA) is 63.6 Å². The summed E-state index contributed by atoms with van der Waals surface area (Å²) < 4.78 is 4.80. The third kappa shape index (κ3) is 11.4. The minimum Gasteiger partial charge on any atom is -1.00 e. The molecule has 0 saturated carbocycles. The van der Waals surface area contributed by atoms with Gasteiger partial charge in [-0.2, -0.15) is 0 Å². The van der Waals surface area contributed by atoms with Crippen molar-refractivity contribution in [2.75, 3.05) is 0 Å². The first-order valence-corrected chi connectivity index (χ1v) is 3.45. The van der Waals surface area contributed by atoms with Crippen LogP contribution in [0, 0.1) is 0 Å². The quantitative estimate of drug-likeness (QED) is 0.405. The van der Waals surface area contributed by atoms with E-state index in [-0.39, 0.29) is 25.9 Å². The molecule has 5 heteroatoms. The van der Waals surface area contributed by atoms with E-state index in [1.165, 1.54) is 0 Å². The van der Waals surface area contributed by atoms with Gasteiger partial charge in [-0.15, -0.1) is 0 Å². The normalized spacial score (nSPS) is 10.7. The zero-order valence-electron chi connectivity index (χ0n) is 10.0. The summed E-state index contributed by atoms with van der Waals surface area (Å²) in [6.07, 6.45) is 1.63. The van der Waals surface area contributed by atoms with Crippen LogP contribution in [-0.4, -0.2) is 45.7 Å². The maximum atomic E-state index is 10.8. The Hall–Kier alpha value is -0.554. The minimum absolute atomic E-state index is 0. The number of carboxylic acids is 1. The zero-order chi connectivity index (χ0) is 9.78. The molecule has 72 valence electrons. The standard InChI is InChI=1S/C8H12O4.Mg.2H/c1-8(2,3)12-7(11)5-4-6(9)10;;;/h4-5H,1-3H3,(H,9,10);;;/q;+2;2*-1/b5-4+;;;. The fourth-order valence-electron chi connectivity index (χ4n) is 0.475. The molecule has 0 aliphatic carbocycles. The van der Waals surface area contributed by atoms with E-state index in [1.807, 2.05) is 0 Å². The first-order valence-electron chi connectivity index (χ1n) is 3.45. The van der Waals surface area contributed by atoms with Crippen molar-refractivity contribution < 1.29 is 22.3 Å². The molecule has 0 spiro atoms. The zero-order valence-corrected chi connectivity index (χ0v) is 9.45. The predicted molar refractivity (Wildman–Crippen MR) is 50.6 cm³/mol. The molecule has 0 bridgehead atoms. The van der Waals surface area contributed by atoms with E-state index in [4.69, 9.17) is 9.84 Å². The van der Waals surface area contributed by atoms with Gasteiger partial charge in [0.2, 0.25) is 0 Å². The summed E-state index contributed by atoms with van der Waals surface area (Å²) in [5.74, 6) is -1.81. The summed E-state index contributed by atoms with van der Waals surface area (Å²) in [5.41, 5.74) is -0.583. The largest absolute Gasteiger partial charge is 2.00 e. The van der Waals surface area contributed by atoms with Crippen LogP contribution in [0.1, 0.15) is 23.6 Å². The molecule has 0 aliphatic heterocycles. The van der Waals surface area contributed by atoms with E-state index in [9.17, 15) is 9.59 Å². The van der Waals surface area contributed by atoms with E-state index < -0.39 is 17.5 Å². The Kier molecular flexibility index (Phi) is 6.88. The number of carbonyl (C=O) groups is 2. The number of esters is 1. The summed E-state index contributed by atoms with van der Waals surface area (Å²) in [7, 11) is 0. The molecule has 13 heavy (non-hydrogen) atoms. The Bertz CT molecular complexity index is 223. The molecule has 0 rings (SSSR count). The first-order chi connectivity index (χ1) is 5.31. The van der Waals surface area contributed by atoms with E-state index in [1.54, 1.807) is 20.8 Å². The third-order valence-corrected chi connectivity index (χ3v) is 0.769. The number of rotatable bonds is 2. The van der Waals surface area contributed by atoms with Crippen molar-refractivity contribution in [2.24, 2.45) is 0 Å². The minimum atomic E-state index is -1.17. The van der Waals surface area contributed by atoms with Gasteiger partial charge in [0.15, 0.2) is 0 Å². The van der Waals surface area contributed by atoms with Crippen molar-refractivity contribution in [1.29, 1.82) is 0 Å². The molecule has 0 aromatic rings. The molecule has 0 aromatic carbocycles. The number of carboxylic acid groups (broad SMARTS) is 1. The molecule has 0 saturated heterocycles. The smallest absolute Gasteiger partial charge is 1.00 e. The van der Waals surface area contributed by atoms with Crippen LogP contribution in [-0.2, 0) is 14.3 Å². The molecular weight excluding hydrogens is 184 g/mol. The van der Waals surface area contributed by atoms with Gasteiger partial charge in [0, 0.05) is 12.2 Å². The predicted octanol–water partition coefficient (Wildman–Crippen LogP) is 0.813. The summed E-state index contributed by atoms with van der Waals surface area (Å²) in [5, 5.41) is 8.17. The fourth-order valence-corrected chi connectivity index (χ4v) is 0.475. The number of hydrogen-bond donors (Lipinski definition) is 1. The van der Waals surface area contributed by atoms with Gasteiger partial charge in [-0.05, 0) is 20.8 Å². The molecule has 0 atom stereocenters. The van der Waals surface area contributed by atoms with E-state index in [0.29, 0.717) is 0 Å². The van der Waals surface area contributed by atoms with Crippen LogP contribution in [0.2, 0.25) is 0 Å². The third-order valence-electron chi connectivity index (χ3n) is 0.769. The van der Waals surface area contributed by atoms with Crippen molar-refractivity contribution in [3.05, 3.63) is 12.2 Å².